The maximum Gasteiger partial charge on any atom is 0.220 e. The number of nitrogens with zero attached hydrogens (tertiary/aromatic N) is 1. The number of aromatic nitrogens is 2. The van der Waals surface area contributed by atoms with Crippen molar-refractivity contribution >= 4 is 5.91 Å². The van der Waals surface area contributed by atoms with Crippen LogP contribution in [0.5, 0.6) is 0 Å². The van der Waals surface area contributed by atoms with E-state index in [9.17, 15) is 4.79 Å². The minimum atomic E-state index is 0.0773. The first-order valence-electron chi connectivity index (χ1n) is 5.62. The Kier molecular flexibility index (Phi) is 4.98. The highest BCUT2D eigenvalue weighted by Gasteiger charge is 2.08. The number of carbonyl (C=O) groups is 1. The second-order valence-corrected chi connectivity index (χ2v) is 3.90. The van der Waals surface area contributed by atoms with Crippen LogP contribution < -0.4 is 11.1 Å². The third kappa shape index (κ3) is 3.66. The molecule has 5 heteroatoms. The van der Waals surface area contributed by atoms with Gasteiger partial charge in [-0.3, -0.25) is 9.89 Å². The molecule has 4 N–H and O–H groups in total. The maximum absolute atomic E-state index is 11.5. The van der Waals surface area contributed by atoms with E-state index in [2.05, 4.69) is 15.5 Å². The third-order valence-corrected chi connectivity index (χ3v) is 2.59. The molecule has 1 aromatic rings. The molecule has 16 heavy (non-hydrogen) atoms. The zero-order chi connectivity index (χ0) is 12.0. The van der Waals surface area contributed by atoms with Crippen LogP contribution in [0.1, 0.15) is 29.8 Å². The molecule has 0 saturated heterocycles. The summed E-state index contributed by atoms with van der Waals surface area (Å²) < 4.78 is 0. The first-order chi connectivity index (χ1) is 7.65. The molecule has 0 bridgehead atoms. The van der Waals surface area contributed by atoms with Crippen LogP contribution in [0.2, 0.25) is 0 Å². The number of hydrogen-bond donors (Lipinski definition) is 3. The molecule has 1 heterocycles. The molecule has 0 saturated carbocycles. The van der Waals surface area contributed by atoms with Crippen molar-refractivity contribution in [2.45, 2.75) is 33.1 Å². The number of aromatic amines is 1. The number of nitrogens with one attached hydrogen (secondary N) is 2. The Balaban J connectivity index is 2.32. The molecule has 0 fully saturated rings. The van der Waals surface area contributed by atoms with Crippen molar-refractivity contribution in [3.8, 4) is 0 Å². The Morgan fingerprint density at radius 3 is 2.81 bits per heavy atom. The fraction of sp³-hybridized carbons (Fsp3) is 0.636. The van der Waals surface area contributed by atoms with Gasteiger partial charge in [0.15, 0.2) is 0 Å². The SMILES string of the molecule is Cc1n[nH]c(C)c1CCC(=O)NCCCN. The molecule has 90 valence electrons. The Bertz CT molecular complexity index is 326. The number of H-pyrrole nitrogens is 1. The minimum absolute atomic E-state index is 0.0773. The molecule has 1 aromatic heterocycles. The van der Waals surface area contributed by atoms with Crippen molar-refractivity contribution in [2.75, 3.05) is 13.1 Å². The van der Waals surface area contributed by atoms with Gasteiger partial charge >= 0.3 is 0 Å². The molecule has 0 spiro atoms. The Hall–Kier alpha value is -1.36. The van der Waals surface area contributed by atoms with Crippen LogP contribution in [-0.2, 0) is 11.2 Å². The number of hydrogen-bond acceptors (Lipinski definition) is 3. The van der Waals surface area contributed by atoms with Gasteiger partial charge in [-0.15, -0.1) is 0 Å². The van der Waals surface area contributed by atoms with E-state index in [1.165, 1.54) is 0 Å². The minimum Gasteiger partial charge on any atom is -0.356 e. The van der Waals surface area contributed by atoms with Crippen LogP contribution in [0.15, 0.2) is 0 Å². The van der Waals surface area contributed by atoms with Crippen molar-refractivity contribution in [1.82, 2.24) is 15.5 Å². The van der Waals surface area contributed by atoms with Crippen molar-refractivity contribution in [3.63, 3.8) is 0 Å². The summed E-state index contributed by atoms with van der Waals surface area (Å²) in [5.74, 6) is 0.0773. The molecule has 1 amide bonds. The highest BCUT2D eigenvalue weighted by molar-refractivity contribution is 5.76. The van der Waals surface area contributed by atoms with Gasteiger partial charge in [-0.2, -0.15) is 5.10 Å². The second-order valence-electron chi connectivity index (χ2n) is 3.90. The highest BCUT2D eigenvalue weighted by Crippen LogP contribution is 2.11. The lowest BCUT2D eigenvalue weighted by atomic mass is 10.1. The van der Waals surface area contributed by atoms with Crippen LogP contribution in [0.3, 0.4) is 0 Å². The van der Waals surface area contributed by atoms with E-state index in [0.717, 1.165) is 29.8 Å². The van der Waals surface area contributed by atoms with Crippen LogP contribution >= 0.6 is 0 Å². The topological polar surface area (TPSA) is 83.8 Å². The lowest BCUT2D eigenvalue weighted by molar-refractivity contribution is -0.121. The molecule has 0 atom stereocenters. The summed E-state index contributed by atoms with van der Waals surface area (Å²) in [6.45, 7) is 5.20. The molecule has 0 aromatic carbocycles. The molecule has 0 unspecified atom stereocenters. The lowest BCUT2D eigenvalue weighted by Gasteiger charge is -2.04. The average molecular weight is 224 g/mol. The van der Waals surface area contributed by atoms with Crippen LogP contribution in [0.4, 0.5) is 0 Å². The quantitative estimate of drug-likeness (QED) is 0.612. The summed E-state index contributed by atoms with van der Waals surface area (Å²) in [6, 6.07) is 0. The van der Waals surface area contributed by atoms with Crippen molar-refractivity contribution in [3.05, 3.63) is 17.0 Å². The molecule has 0 aliphatic rings. The molecular formula is C11H20N4O. The van der Waals surface area contributed by atoms with Gasteiger partial charge in [-0.1, -0.05) is 0 Å². The summed E-state index contributed by atoms with van der Waals surface area (Å²) in [7, 11) is 0. The maximum atomic E-state index is 11.5. The van der Waals surface area contributed by atoms with Gasteiger partial charge in [0.05, 0.1) is 5.69 Å². The number of carbonyl (C=O) groups excluding carboxylic acids is 1. The first-order valence-corrected chi connectivity index (χ1v) is 5.62. The van der Waals surface area contributed by atoms with Gasteiger partial charge in [0.1, 0.15) is 0 Å². The molecule has 1 rings (SSSR count). The van der Waals surface area contributed by atoms with Crippen LogP contribution in [-0.4, -0.2) is 29.2 Å². The van der Waals surface area contributed by atoms with Gasteiger partial charge in [-0.05, 0) is 38.8 Å². The molecule has 0 radical (unpaired) electrons. The van der Waals surface area contributed by atoms with Gasteiger partial charge in [0, 0.05) is 18.7 Å². The number of amides is 1. The van der Waals surface area contributed by atoms with E-state index < -0.39 is 0 Å². The predicted molar refractivity (Wildman–Crippen MR) is 63.1 cm³/mol. The largest absolute Gasteiger partial charge is 0.356 e. The summed E-state index contributed by atoms with van der Waals surface area (Å²) in [4.78, 5) is 11.5. The van der Waals surface area contributed by atoms with Crippen LogP contribution in [0.25, 0.3) is 0 Å². The molecule has 0 aliphatic heterocycles. The Morgan fingerprint density at radius 2 is 2.25 bits per heavy atom. The second kappa shape index (κ2) is 6.27. The average Bonchev–Trinajstić information content (AvgIpc) is 2.57. The molecule has 0 aliphatic carbocycles. The van der Waals surface area contributed by atoms with E-state index in [1.807, 2.05) is 13.8 Å². The van der Waals surface area contributed by atoms with Crippen LogP contribution in [0, 0.1) is 13.8 Å². The Labute approximate surface area is 95.8 Å². The van der Waals surface area contributed by atoms with Gasteiger partial charge in [0.2, 0.25) is 5.91 Å². The first kappa shape index (κ1) is 12.7. The molecule has 5 nitrogen and oxygen atoms in total. The van der Waals surface area contributed by atoms with E-state index in [-0.39, 0.29) is 5.91 Å². The monoisotopic (exact) mass is 224 g/mol. The van der Waals surface area contributed by atoms with Crippen molar-refractivity contribution < 1.29 is 4.79 Å². The fourth-order valence-corrected chi connectivity index (χ4v) is 1.60. The fourth-order valence-electron chi connectivity index (χ4n) is 1.60. The van der Waals surface area contributed by atoms with Gasteiger partial charge < -0.3 is 11.1 Å². The normalized spacial score (nSPS) is 10.4. The third-order valence-electron chi connectivity index (χ3n) is 2.59. The van der Waals surface area contributed by atoms with E-state index in [0.29, 0.717) is 19.5 Å². The summed E-state index contributed by atoms with van der Waals surface area (Å²) in [6.07, 6.45) is 2.07. The van der Waals surface area contributed by atoms with E-state index in [1.54, 1.807) is 0 Å². The number of aryl methyl sites for hydroxylation is 2. The van der Waals surface area contributed by atoms with E-state index in [4.69, 9.17) is 5.73 Å². The summed E-state index contributed by atoms with van der Waals surface area (Å²) in [5, 5.41) is 9.85. The van der Waals surface area contributed by atoms with Gasteiger partial charge in [-0.25, -0.2) is 0 Å². The van der Waals surface area contributed by atoms with E-state index >= 15 is 0 Å². The highest BCUT2D eigenvalue weighted by atomic mass is 16.1. The van der Waals surface area contributed by atoms with Crippen molar-refractivity contribution in [2.24, 2.45) is 5.73 Å². The number of nitrogens with two attached hydrogens (primary N) is 1. The lowest BCUT2D eigenvalue weighted by Crippen LogP contribution is -2.26. The van der Waals surface area contributed by atoms with Crippen molar-refractivity contribution in [1.29, 1.82) is 0 Å². The number of rotatable bonds is 6. The Morgan fingerprint density at radius 1 is 1.50 bits per heavy atom. The summed E-state index contributed by atoms with van der Waals surface area (Å²) in [5.41, 5.74) is 8.52. The smallest absolute Gasteiger partial charge is 0.220 e. The molecular weight excluding hydrogens is 204 g/mol. The zero-order valence-corrected chi connectivity index (χ0v) is 9.97. The summed E-state index contributed by atoms with van der Waals surface area (Å²) >= 11 is 0. The van der Waals surface area contributed by atoms with Gasteiger partial charge in [0.25, 0.3) is 0 Å². The standard InChI is InChI=1S/C11H20N4O/c1-8-10(9(2)15-14-8)4-5-11(16)13-7-3-6-12/h3-7,12H2,1-2H3,(H,13,16)(H,14,15). The predicted octanol–water partition coefficient (Wildman–Crippen LogP) is 0.424. The zero-order valence-electron chi connectivity index (χ0n) is 9.97.